The van der Waals surface area contributed by atoms with Crippen molar-refractivity contribution in [2.24, 2.45) is 11.1 Å². The third-order valence-electron chi connectivity index (χ3n) is 7.04. The molecule has 0 radical (unpaired) electrons. The Hall–Kier alpha value is -2.61. The maximum absolute atomic E-state index is 13.5. The Kier molecular flexibility index (Phi) is 7.72. The average Bonchev–Trinajstić information content (AvgIpc) is 3.54. The minimum Gasteiger partial charge on any atom is -0.393 e. The number of nitrogens with two attached hydrogens (primary N) is 1. The summed E-state index contributed by atoms with van der Waals surface area (Å²) >= 11 is 7.59. The van der Waals surface area contributed by atoms with E-state index in [9.17, 15) is 18.3 Å². The van der Waals surface area contributed by atoms with Crippen LogP contribution in [0.2, 0.25) is 5.02 Å². The van der Waals surface area contributed by atoms with Gasteiger partial charge in [0, 0.05) is 46.8 Å². The van der Waals surface area contributed by atoms with E-state index >= 15 is 0 Å². The molecule has 3 aromatic rings. The highest BCUT2D eigenvalue weighted by Gasteiger charge is 2.35. The number of aryl methyl sites for hydroxylation is 1. The molecule has 0 bridgehead atoms. The van der Waals surface area contributed by atoms with Crippen molar-refractivity contribution in [3.05, 3.63) is 68.3 Å². The van der Waals surface area contributed by atoms with Crippen LogP contribution in [0.4, 0.5) is 11.5 Å². The largest absolute Gasteiger partial charge is 0.393 e. The van der Waals surface area contributed by atoms with Crippen molar-refractivity contribution < 1.29 is 22.5 Å². The Morgan fingerprint density at radius 3 is 2.95 bits per heavy atom. The Bertz CT molecular complexity index is 1460. The number of benzene rings is 1. The molecule has 13 heteroatoms. The minimum atomic E-state index is -4.09. The standard InChI is InChI=1S/C25H28ClN5O5S2/c1-14-16(11-31-5-4-15-6-18(26)2-3-21(15)31)8-23(37-14)24(33)20-10-28-13-29-25(20)30-19-7-17(22(32)9-19)12-36-38(27,34)35/h2-3,6,8,10,13,17,19,22,32H,4-5,7,9,11-12H2,1H3,(H2,27,34,35)(H,28,29,30)/t17-,19-,22+/m1/s1. The molecule has 1 aliphatic heterocycles. The topological polar surface area (TPSA) is 148 Å². The highest BCUT2D eigenvalue weighted by Crippen LogP contribution is 2.34. The number of fused-ring (bicyclic) bond motifs is 1. The number of anilines is 2. The number of aliphatic hydroxyl groups excluding tert-OH is 1. The van der Waals surface area contributed by atoms with E-state index in [0.717, 1.165) is 28.4 Å². The first-order valence-electron chi connectivity index (χ1n) is 12.2. The number of carbonyl (C=O) groups excluding carboxylic acids is 1. The maximum Gasteiger partial charge on any atom is 0.333 e. The van der Waals surface area contributed by atoms with Gasteiger partial charge in [0.25, 0.3) is 0 Å². The molecule has 3 heterocycles. The molecular weight excluding hydrogens is 550 g/mol. The lowest BCUT2D eigenvalue weighted by molar-refractivity contribution is 0.101. The SMILES string of the molecule is Cc1sc(C(=O)c2cncnc2N[C@@H]2C[C@H](COS(N)(=O)=O)[C@@H](O)C2)cc1CN1CCc2cc(Cl)ccc21. The average molecular weight is 578 g/mol. The van der Waals surface area contributed by atoms with Crippen LogP contribution in [-0.2, 0) is 27.5 Å². The molecule has 5 rings (SSSR count). The zero-order valence-corrected chi connectivity index (χ0v) is 23.0. The number of aliphatic hydroxyl groups is 1. The zero-order valence-electron chi connectivity index (χ0n) is 20.6. The number of thiophene rings is 1. The second kappa shape index (κ2) is 10.9. The fourth-order valence-electron chi connectivity index (χ4n) is 5.12. The molecule has 2 aliphatic rings. The van der Waals surface area contributed by atoms with Gasteiger partial charge in [0.1, 0.15) is 12.1 Å². The molecule has 1 saturated carbocycles. The molecule has 0 saturated heterocycles. The van der Waals surface area contributed by atoms with Crippen molar-refractivity contribution >= 4 is 50.5 Å². The van der Waals surface area contributed by atoms with Crippen LogP contribution in [0.1, 0.15) is 44.1 Å². The Labute approximate surface area is 230 Å². The van der Waals surface area contributed by atoms with Crippen LogP contribution in [0.5, 0.6) is 0 Å². The van der Waals surface area contributed by atoms with Gasteiger partial charge < -0.3 is 15.3 Å². The molecule has 38 heavy (non-hydrogen) atoms. The molecule has 3 atom stereocenters. The summed E-state index contributed by atoms with van der Waals surface area (Å²) in [4.78, 5) is 25.8. The lowest BCUT2D eigenvalue weighted by Crippen LogP contribution is -2.24. The van der Waals surface area contributed by atoms with E-state index in [2.05, 4.69) is 24.4 Å². The number of hydrogen-bond donors (Lipinski definition) is 3. The van der Waals surface area contributed by atoms with Crippen LogP contribution < -0.4 is 15.4 Å². The number of ketones is 1. The van der Waals surface area contributed by atoms with Crippen LogP contribution in [0.3, 0.4) is 0 Å². The summed E-state index contributed by atoms with van der Waals surface area (Å²) in [6.45, 7) is 3.40. The van der Waals surface area contributed by atoms with Crippen molar-refractivity contribution in [3.8, 4) is 0 Å². The third-order valence-corrected chi connectivity index (χ3v) is 8.83. The van der Waals surface area contributed by atoms with E-state index in [1.165, 1.54) is 35.1 Å². The first-order valence-corrected chi connectivity index (χ1v) is 14.8. The normalized spacial score (nSPS) is 21.1. The number of carbonyl (C=O) groups is 1. The number of aromatic nitrogens is 2. The predicted molar refractivity (Wildman–Crippen MR) is 146 cm³/mol. The monoisotopic (exact) mass is 577 g/mol. The van der Waals surface area contributed by atoms with Gasteiger partial charge in [-0.25, -0.2) is 15.1 Å². The first-order chi connectivity index (χ1) is 18.1. The molecule has 1 aromatic carbocycles. The van der Waals surface area contributed by atoms with Crippen molar-refractivity contribution in [1.82, 2.24) is 9.97 Å². The summed E-state index contributed by atoms with van der Waals surface area (Å²) in [7, 11) is -4.09. The van der Waals surface area contributed by atoms with Crippen molar-refractivity contribution in [2.45, 2.75) is 44.9 Å². The number of halogens is 1. The van der Waals surface area contributed by atoms with Crippen LogP contribution >= 0.6 is 22.9 Å². The Morgan fingerprint density at radius 2 is 2.16 bits per heavy atom. The van der Waals surface area contributed by atoms with Crippen molar-refractivity contribution in [1.29, 1.82) is 0 Å². The molecule has 0 amide bonds. The van der Waals surface area contributed by atoms with E-state index in [1.54, 1.807) is 0 Å². The highest BCUT2D eigenvalue weighted by molar-refractivity contribution is 7.84. The summed E-state index contributed by atoms with van der Waals surface area (Å²) in [5.74, 6) is -0.233. The van der Waals surface area contributed by atoms with E-state index in [0.29, 0.717) is 35.6 Å². The maximum atomic E-state index is 13.5. The van der Waals surface area contributed by atoms with Gasteiger partial charge in [-0.15, -0.1) is 11.3 Å². The Morgan fingerprint density at radius 1 is 1.34 bits per heavy atom. The van der Waals surface area contributed by atoms with Crippen LogP contribution in [0, 0.1) is 12.8 Å². The third kappa shape index (κ3) is 6.00. The Balaban J connectivity index is 1.29. The summed E-state index contributed by atoms with van der Waals surface area (Å²) in [5, 5.41) is 19.2. The molecule has 2 aromatic heterocycles. The van der Waals surface area contributed by atoms with Crippen LogP contribution in [0.15, 0.2) is 36.8 Å². The van der Waals surface area contributed by atoms with Gasteiger partial charge in [0.05, 0.1) is 23.2 Å². The predicted octanol–water partition coefficient (Wildman–Crippen LogP) is 3.07. The van der Waals surface area contributed by atoms with E-state index in [1.807, 2.05) is 31.2 Å². The molecule has 4 N–H and O–H groups in total. The van der Waals surface area contributed by atoms with Crippen molar-refractivity contribution in [3.63, 3.8) is 0 Å². The summed E-state index contributed by atoms with van der Waals surface area (Å²) in [5.41, 5.74) is 3.82. The van der Waals surface area contributed by atoms with Gasteiger partial charge >= 0.3 is 10.3 Å². The van der Waals surface area contributed by atoms with Gasteiger partial charge in [-0.05, 0) is 61.6 Å². The van der Waals surface area contributed by atoms with Gasteiger partial charge in [-0.1, -0.05) is 11.6 Å². The fraction of sp³-hybridized carbons (Fsp3) is 0.400. The number of hydrogen-bond acceptors (Lipinski definition) is 10. The second-order valence-electron chi connectivity index (χ2n) is 9.67. The zero-order chi connectivity index (χ0) is 27.0. The quantitative estimate of drug-likeness (QED) is 0.326. The molecular formula is C25H28ClN5O5S2. The number of nitrogens with one attached hydrogen (secondary N) is 1. The van der Waals surface area contributed by atoms with E-state index in [-0.39, 0.29) is 18.4 Å². The molecule has 0 unspecified atom stereocenters. The minimum absolute atomic E-state index is 0.186. The van der Waals surface area contributed by atoms with Crippen LogP contribution in [0.25, 0.3) is 0 Å². The lowest BCUT2D eigenvalue weighted by Gasteiger charge is -2.19. The smallest absolute Gasteiger partial charge is 0.333 e. The highest BCUT2D eigenvalue weighted by atomic mass is 35.5. The van der Waals surface area contributed by atoms with Crippen molar-refractivity contribution in [2.75, 3.05) is 23.4 Å². The van der Waals surface area contributed by atoms with E-state index in [4.69, 9.17) is 16.7 Å². The summed E-state index contributed by atoms with van der Waals surface area (Å²) in [6, 6.07) is 7.66. The molecule has 1 fully saturated rings. The molecule has 0 spiro atoms. The lowest BCUT2D eigenvalue weighted by atomic mass is 10.1. The van der Waals surface area contributed by atoms with E-state index < -0.39 is 22.3 Å². The van der Waals surface area contributed by atoms with Crippen LogP contribution in [-0.4, -0.2) is 54.6 Å². The van der Waals surface area contributed by atoms with Gasteiger partial charge in [-0.3, -0.25) is 8.98 Å². The molecule has 1 aliphatic carbocycles. The van der Waals surface area contributed by atoms with Gasteiger partial charge in [0.15, 0.2) is 0 Å². The summed E-state index contributed by atoms with van der Waals surface area (Å²) < 4.78 is 26.9. The second-order valence-corrected chi connectivity index (χ2v) is 12.6. The molecule has 10 nitrogen and oxygen atoms in total. The fourth-order valence-corrected chi connectivity index (χ4v) is 6.66. The summed E-state index contributed by atoms with van der Waals surface area (Å²) in [6.07, 6.45) is 3.78. The molecule has 202 valence electrons. The first kappa shape index (κ1) is 27.0. The number of nitrogens with zero attached hydrogens (tertiary/aromatic N) is 3. The number of rotatable bonds is 9. The van der Waals surface area contributed by atoms with Gasteiger partial charge in [0.2, 0.25) is 5.78 Å². The van der Waals surface area contributed by atoms with Gasteiger partial charge in [-0.2, -0.15) is 8.42 Å².